The first kappa shape index (κ1) is 11.1. The van der Waals surface area contributed by atoms with E-state index in [0.29, 0.717) is 12.4 Å². The predicted molar refractivity (Wildman–Crippen MR) is 56.2 cm³/mol. The third-order valence-electron chi connectivity index (χ3n) is 2.72. The maximum atomic E-state index is 10.6. The molecule has 1 saturated heterocycles. The summed E-state index contributed by atoms with van der Waals surface area (Å²) >= 11 is 0. The van der Waals surface area contributed by atoms with Crippen molar-refractivity contribution >= 4 is 5.97 Å². The van der Waals surface area contributed by atoms with Crippen LogP contribution in [0.2, 0.25) is 0 Å². The standard InChI is InChI=1S/C10H15N3O3/c1-12-2-4-13(5-3-12)7-9-11-6-8(16-9)10(14)15/h6H,2-5,7H2,1H3,(H,14,15). The first-order chi connectivity index (χ1) is 7.65. The minimum Gasteiger partial charge on any atom is -0.475 e. The molecular weight excluding hydrogens is 210 g/mol. The van der Waals surface area contributed by atoms with Crippen molar-refractivity contribution < 1.29 is 14.3 Å². The van der Waals surface area contributed by atoms with Crippen molar-refractivity contribution in [2.45, 2.75) is 6.54 Å². The van der Waals surface area contributed by atoms with Crippen LogP contribution in [-0.2, 0) is 6.54 Å². The number of hydrogen-bond donors (Lipinski definition) is 1. The van der Waals surface area contributed by atoms with E-state index in [0.717, 1.165) is 26.2 Å². The molecule has 6 heteroatoms. The topological polar surface area (TPSA) is 69.8 Å². The zero-order valence-corrected chi connectivity index (χ0v) is 9.22. The monoisotopic (exact) mass is 225 g/mol. The molecule has 2 rings (SSSR count). The van der Waals surface area contributed by atoms with Gasteiger partial charge in [-0.3, -0.25) is 4.90 Å². The van der Waals surface area contributed by atoms with Gasteiger partial charge in [-0.1, -0.05) is 0 Å². The average molecular weight is 225 g/mol. The van der Waals surface area contributed by atoms with E-state index in [-0.39, 0.29) is 5.76 Å². The van der Waals surface area contributed by atoms with E-state index in [2.05, 4.69) is 21.8 Å². The Bertz CT molecular complexity index is 369. The van der Waals surface area contributed by atoms with Gasteiger partial charge in [-0.2, -0.15) is 0 Å². The molecule has 0 aromatic carbocycles. The van der Waals surface area contributed by atoms with Crippen LogP contribution in [0.3, 0.4) is 0 Å². The number of carboxylic acids is 1. The number of aromatic nitrogens is 1. The lowest BCUT2D eigenvalue weighted by atomic mass is 10.3. The molecule has 0 atom stereocenters. The zero-order chi connectivity index (χ0) is 11.5. The highest BCUT2D eigenvalue weighted by Gasteiger charge is 2.17. The van der Waals surface area contributed by atoms with Gasteiger partial charge in [0.15, 0.2) is 0 Å². The Morgan fingerprint density at radius 2 is 2.19 bits per heavy atom. The summed E-state index contributed by atoms with van der Waals surface area (Å²) in [5.74, 6) is -0.691. The predicted octanol–water partition coefficient (Wildman–Crippen LogP) is 0.120. The fourth-order valence-corrected chi connectivity index (χ4v) is 1.68. The molecule has 0 aliphatic carbocycles. The summed E-state index contributed by atoms with van der Waals surface area (Å²) in [4.78, 5) is 19.0. The molecule has 1 aromatic heterocycles. The maximum Gasteiger partial charge on any atom is 0.373 e. The number of rotatable bonds is 3. The van der Waals surface area contributed by atoms with Gasteiger partial charge in [0.25, 0.3) is 0 Å². The van der Waals surface area contributed by atoms with Crippen molar-refractivity contribution in [2.75, 3.05) is 33.2 Å². The fourth-order valence-electron chi connectivity index (χ4n) is 1.68. The van der Waals surface area contributed by atoms with Crippen LogP contribution in [0.5, 0.6) is 0 Å². The number of nitrogens with zero attached hydrogens (tertiary/aromatic N) is 3. The molecule has 0 bridgehead atoms. The molecule has 1 N–H and O–H groups in total. The molecule has 2 heterocycles. The van der Waals surface area contributed by atoms with E-state index in [1.807, 2.05) is 0 Å². The Balaban J connectivity index is 1.91. The number of aromatic carboxylic acids is 1. The third-order valence-corrected chi connectivity index (χ3v) is 2.72. The summed E-state index contributed by atoms with van der Waals surface area (Å²) in [6.07, 6.45) is 1.26. The molecular formula is C10H15N3O3. The number of carboxylic acid groups (broad SMARTS) is 1. The van der Waals surface area contributed by atoms with Crippen LogP contribution in [0.15, 0.2) is 10.6 Å². The van der Waals surface area contributed by atoms with E-state index >= 15 is 0 Å². The van der Waals surface area contributed by atoms with Gasteiger partial charge in [-0.25, -0.2) is 9.78 Å². The van der Waals surface area contributed by atoms with Gasteiger partial charge >= 0.3 is 5.97 Å². The van der Waals surface area contributed by atoms with Crippen molar-refractivity contribution in [1.82, 2.24) is 14.8 Å². The highest BCUT2D eigenvalue weighted by Crippen LogP contribution is 2.08. The Kier molecular flexibility index (Phi) is 3.21. The van der Waals surface area contributed by atoms with Gasteiger partial charge in [0.2, 0.25) is 11.7 Å². The molecule has 0 radical (unpaired) electrons. The second-order valence-electron chi connectivity index (χ2n) is 4.00. The van der Waals surface area contributed by atoms with Crippen LogP contribution in [-0.4, -0.2) is 59.1 Å². The number of piperazine rings is 1. The largest absolute Gasteiger partial charge is 0.475 e. The van der Waals surface area contributed by atoms with E-state index in [1.165, 1.54) is 6.20 Å². The minimum absolute atomic E-state index is 0.0934. The van der Waals surface area contributed by atoms with Crippen molar-refractivity contribution in [3.63, 3.8) is 0 Å². The summed E-state index contributed by atoms with van der Waals surface area (Å²) in [6.45, 7) is 4.54. The van der Waals surface area contributed by atoms with Crippen LogP contribution >= 0.6 is 0 Å². The van der Waals surface area contributed by atoms with Gasteiger partial charge in [0.1, 0.15) is 0 Å². The normalized spacial score (nSPS) is 18.8. The van der Waals surface area contributed by atoms with E-state index in [4.69, 9.17) is 9.52 Å². The Hall–Kier alpha value is -1.40. The van der Waals surface area contributed by atoms with Crippen LogP contribution in [0, 0.1) is 0 Å². The van der Waals surface area contributed by atoms with E-state index < -0.39 is 5.97 Å². The minimum atomic E-state index is -1.07. The summed E-state index contributed by atoms with van der Waals surface area (Å²) in [7, 11) is 2.09. The number of carbonyl (C=O) groups is 1. The molecule has 1 aliphatic rings. The Labute approximate surface area is 93.5 Å². The molecule has 1 aromatic rings. The smallest absolute Gasteiger partial charge is 0.373 e. The van der Waals surface area contributed by atoms with Gasteiger partial charge in [0, 0.05) is 26.2 Å². The molecule has 0 unspecified atom stereocenters. The summed E-state index contributed by atoms with van der Waals surface area (Å²) in [5.41, 5.74) is 0. The van der Waals surface area contributed by atoms with Crippen LogP contribution in [0.4, 0.5) is 0 Å². The molecule has 6 nitrogen and oxygen atoms in total. The van der Waals surface area contributed by atoms with Crippen LogP contribution in [0.1, 0.15) is 16.4 Å². The van der Waals surface area contributed by atoms with Crippen molar-refractivity contribution in [2.24, 2.45) is 0 Å². The lowest BCUT2D eigenvalue weighted by Gasteiger charge is -2.31. The SMILES string of the molecule is CN1CCN(Cc2ncc(C(=O)O)o2)CC1. The summed E-state index contributed by atoms with van der Waals surface area (Å²) in [6, 6.07) is 0. The Morgan fingerprint density at radius 1 is 1.50 bits per heavy atom. The molecule has 16 heavy (non-hydrogen) atoms. The first-order valence-electron chi connectivity index (χ1n) is 5.24. The number of hydrogen-bond acceptors (Lipinski definition) is 5. The Morgan fingerprint density at radius 3 is 2.75 bits per heavy atom. The quantitative estimate of drug-likeness (QED) is 0.788. The fraction of sp³-hybridized carbons (Fsp3) is 0.600. The highest BCUT2D eigenvalue weighted by atomic mass is 16.4. The number of oxazole rings is 1. The molecule has 88 valence electrons. The van der Waals surface area contributed by atoms with Crippen molar-refractivity contribution in [3.8, 4) is 0 Å². The third kappa shape index (κ3) is 2.59. The lowest BCUT2D eigenvalue weighted by molar-refractivity contribution is 0.0656. The average Bonchev–Trinajstić information content (AvgIpc) is 2.70. The highest BCUT2D eigenvalue weighted by molar-refractivity contribution is 5.83. The maximum absolute atomic E-state index is 10.6. The second kappa shape index (κ2) is 4.63. The first-order valence-corrected chi connectivity index (χ1v) is 5.24. The van der Waals surface area contributed by atoms with Crippen LogP contribution < -0.4 is 0 Å². The number of likely N-dealkylation sites (N-methyl/N-ethyl adjacent to an activating group) is 1. The van der Waals surface area contributed by atoms with Gasteiger partial charge in [-0.15, -0.1) is 0 Å². The second-order valence-corrected chi connectivity index (χ2v) is 4.00. The molecule has 1 aliphatic heterocycles. The molecule has 0 spiro atoms. The van der Waals surface area contributed by atoms with Crippen LogP contribution in [0.25, 0.3) is 0 Å². The van der Waals surface area contributed by atoms with Gasteiger partial charge in [0.05, 0.1) is 12.7 Å². The van der Waals surface area contributed by atoms with E-state index in [9.17, 15) is 4.79 Å². The van der Waals surface area contributed by atoms with Gasteiger partial charge in [-0.05, 0) is 7.05 Å². The summed E-state index contributed by atoms with van der Waals surface area (Å²) < 4.78 is 5.11. The van der Waals surface area contributed by atoms with E-state index in [1.54, 1.807) is 0 Å². The van der Waals surface area contributed by atoms with Gasteiger partial charge < -0.3 is 14.4 Å². The zero-order valence-electron chi connectivity index (χ0n) is 9.22. The molecule has 0 saturated carbocycles. The molecule has 1 fully saturated rings. The van der Waals surface area contributed by atoms with Crippen molar-refractivity contribution in [1.29, 1.82) is 0 Å². The summed E-state index contributed by atoms with van der Waals surface area (Å²) in [5, 5.41) is 8.68. The lowest BCUT2D eigenvalue weighted by Crippen LogP contribution is -2.43. The van der Waals surface area contributed by atoms with Crippen molar-refractivity contribution in [3.05, 3.63) is 17.8 Å². The molecule has 0 amide bonds.